The Labute approximate surface area is 184 Å². The first-order chi connectivity index (χ1) is 15.1. The molecule has 2 aromatic rings. The average molecular weight is 422 g/mol. The van der Waals surface area contributed by atoms with Crippen LogP contribution in [0.2, 0.25) is 0 Å². The highest BCUT2D eigenvalue weighted by molar-refractivity contribution is 5.84. The molecule has 4 rings (SSSR count). The lowest BCUT2D eigenvalue weighted by Crippen LogP contribution is -2.44. The number of amides is 2. The van der Waals surface area contributed by atoms with E-state index in [1.54, 1.807) is 12.4 Å². The van der Waals surface area contributed by atoms with Crippen molar-refractivity contribution in [2.45, 2.75) is 32.6 Å². The van der Waals surface area contributed by atoms with Crippen LogP contribution in [0.4, 0.5) is 0 Å². The molecule has 6 nitrogen and oxygen atoms in total. The molecule has 1 N–H and O–H groups in total. The van der Waals surface area contributed by atoms with Gasteiger partial charge in [-0.25, -0.2) is 0 Å². The Hall–Kier alpha value is -2.73. The van der Waals surface area contributed by atoms with Gasteiger partial charge in [0.2, 0.25) is 11.8 Å². The molecule has 0 radical (unpaired) electrons. The van der Waals surface area contributed by atoms with Gasteiger partial charge in [0.05, 0.1) is 12.3 Å². The molecule has 2 fully saturated rings. The summed E-state index contributed by atoms with van der Waals surface area (Å²) in [6.45, 7) is 5.06. The summed E-state index contributed by atoms with van der Waals surface area (Å²) >= 11 is 0. The van der Waals surface area contributed by atoms with Crippen LogP contribution in [-0.4, -0.2) is 54.5 Å². The minimum Gasteiger partial charge on any atom is -0.381 e. The maximum atomic E-state index is 13.2. The van der Waals surface area contributed by atoms with Crippen molar-refractivity contribution in [2.24, 2.45) is 11.3 Å². The molecule has 0 saturated carbocycles. The van der Waals surface area contributed by atoms with Gasteiger partial charge >= 0.3 is 0 Å². The van der Waals surface area contributed by atoms with Crippen molar-refractivity contribution < 1.29 is 14.3 Å². The number of aryl methyl sites for hydroxylation is 1. The van der Waals surface area contributed by atoms with Crippen molar-refractivity contribution in [1.82, 2.24) is 15.2 Å². The molecule has 2 amide bonds. The molecule has 31 heavy (non-hydrogen) atoms. The molecule has 1 aromatic heterocycles. The van der Waals surface area contributed by atoms with Gasteiger partial charge in [-0.2, -0.15) is 0 Å². The van der Waals surface area contributed by atoms with E-state index in [9.17, 15) is 9.59 Å². The predicted octanol–water partition coefficient (Wildman–Crippen LogP) is 2.55. The highest BCUT2D eigenvalue weighted by Gasteiger charge is 2.51. The predicted molar refractivity (Wildman–Crippen MR) is 118 cm³/mol. The Balaban J connectivity index is 1.41. The third-order valence-electron chi connectivity index (χ3n) is 6.71. The maximum absolute atomic E-state index is 13.2. The number of aromatic nitrogens is 1. The van der Waals surface area contributed by atoms with Crippen LogP contribution < -0.4 is 5.32 Å². The molecular weight excluding hydrogens is 390 g/mol. The number of carbonyl (C=O) groups is 2. The number of nitrogens with zero attached hydrogens (tertiary/aromatic N) is 2. The van der Waals surface area contributed by atoms with E-state index < -0.39 is 0 Å². The number of benzene rings is 1. The van der Waals surface area contributed by atoms with Crippen LogP contribution >= 0.6 is 0 Å². The van der Waals surface area contributed by atoms with Gasteiger partial charge in [-0.3, -0.25) is 14.6 Å². The molecule has 1 unspecified atom stereocenters. The van der Waals surface area contributed by atoms with Gasteiger partial charge < -0.3 is 15.0 Å². The van der Waals surface area contributed by atoms with Gasteiger partial charge in [-0.1, -0.05) is 29.8 Å². The summed E-state index contributed by atoms with van der Waals surface area (Å²) in [5.41, 5.74) is 3.15. The largest absolute Gasteiger partial charge is 0.381 e. The normalized spacial score (nSPS) is 20.0. The molecule has 1 aromatic carbocycles. The van der Waals surface area contributed by atoms with Gasteiger partial charge in [0.25, 0.3) is 0 Å². The van der Waals surface area contributed by atoms with Gasteiger partial charge in [0.1, 0.15) is 0 Å². The van der Waals surface area contributed by atoms with E-state index in [0.29, 0.717) is 39.3 Å². The Morgan fingerprint density at radius 1 is 1.16 bits per heavy atom. The van der Waals surface area contributed by atoms with Crippen LogP contribution in [0, 0.1) is 18.3 Å². The number of rotatable bonds is 6. The van der Waals surface area contributed by atoms with E-state index in [-0.39, 0.29) is 23.1 Å². The molecule has 2 aliphatic rings. The minimum absolute atomic E-state index is 0.0572. The monoisotopic (exact) mass is 421 g/mol. The minimum atomic E-state index is -0.185. The van der Waals surface area contributed by atoms with E-state index in [1.165, 1.54) is 0 Å². The number of hydrogen-bond donors (Lipinski definition) is 1. The lowest BCUT2D eigenvalue weighted by molar-refractivity contribution is -0.130. The quantitative estimate of drug-likeness (QED) is 0.778. The first-order valence-electron chi connectivity index (χ1n) is 11.1. The third kappa shape index (κ3) is 5.13. The SMILES string of the molecule is Cc1cccc(CC(=O)N2CC(C(=O)NCCc3ccncc3)C3(CCOCC3)C2)c1. The number of likely N-dealkylation sites (tertiary alicyclic amines) is 1. The first-order valence-corrected chi connectivity index (χ1v) is 11.1. The Morgan fingerprint density at radius 2 is 1.94 bits per heavy atom. The molecule has 0 aliphatic carbocycles. The van der Waals surface area contributed by atoms with E-state index >= 15 is 0 Å². The fourth-order valence-corrected chi connectivity index (χ4v) is 4.92. The highest BCUT2D eigenvalue weighted by Crippen LogP contribution is 2.44. The maximum Gasteiger partial charge on any atom is 0.227 e. The number of pyridine rings is 1. The molecule has 0 bridgehead atoms. The Kier molecular flexibility index (Phi) is 6.66. The average Bonchev–Trinajstić information content (AvgIpc) is 3.14. The lowest BCUT2D eigenvalue weighted by Gasteiger charge is -2.37. The van der Waals surface area contributed by atoms with Crippen LogP contribution in [0.5, 0.6) is 0 Å². The van der Waals surface area contributed by atoms with Crippen molar-refractivity contribution in [3.63, 3.8) is 0 Å². The molecule has 3 heterocycles. The van der Waals surface area contributed by atoms with Crippen molar-refractivity contribution in [3.8, 4) is 0 Å². The summed E-state index contributed by atoms with van der Waals surface area (Å²) < 4.78 is 5.59. The topological polar surface area (TPSA) is 71.5 Å². The molecular formula is C25H31N3O3. The van der Waals surface area contributed by atoms with Crippen molar-refractivity contribution in [3.05, 3.63) is 65.5 Å². The van der Waals surface area contributed by atoms with E-state index in [1.807, 2.05) is 42.2 Å². The van der Waals surface area contributed by atoms with Crippen molar-refractivity contribution in [2.75, 3.05) is 32.8 Å². The van der Waals surface area contributed by atoms with Crippen molar-refractivity contribution >= 4 is 11.8 Å². The van der Waals surface area contributed by atoms with Crippen molar-refractivity contribution in [1.29, 1.82) is 0 Å². The third-order valence-corrected chi connectivity index (χ3v) is 6.71. The van der Waals surface area contributed by atoms with Gasteiger partial charge in [0, 0.05) is 50.7 Å². The van der Waals surface area contributed by atoms with Crippen LogP contribution in [-0.2, 0) is 27.2 Å². The fraction of sp³-hybridized carbons (Fsp3) is 0.480. The van der Waals surface area contributed by atoms with Crippen LogP contribution in [0.15, 0.2) is 48.8 Å². The van der Waals surface area contributed by atoms with E-state index in [2.05, 4.69) is 16.4 Å². The summed E-state index contributed by atoms with van der Waals surface area (Å²) in [7, 11) is 0. The standard InChI is InChI=1S/C25H31N3O3/c1-19-3-2-4-21(15-19)16-23(29)28-17-22(25(18-28)8-13-31-14-9-25)24(30)27-12-7-20-5-10-26-11-6-20/h2-6,10-11,15,22H,7-9,12-14,16-18H2,1H3,(H,27,30). The molecule has 1 spiro atoms. The molecule has 6 heteroatoms. The number of nitrogens with one attached hydrogen (secondary N) is 1. The van der Waals surface area contributed by atoms with Crippen LogP contribution in [0.1, 0.15) is 29.5 Å². The number of hydrogen-bond acceptors (Lipinski definition) is 4. The van der Waals surface area contributed by atoms with E-state index in [4.69, 9.17) is 4.74 Å². The number of carbonyl (C=O) groups excluding carboxylic acids is 2. The second-order valence-corrected chi connectivity index (χ2v) is 8.86. The number of ether oxygens (including phenoxy) is 1. The Morgan fingerprint density at radius 3 is 2.68 bits per heavy atom. The van der Waals surface area contributed by atoms with Crippen LogP contribution in [0.25, 0.3) is 0 Å². The summed E-state index contributed by atoms with van der Waals surface area (Å²) in [5, 5.41) is 3.12. The van der Waals surface area contributed by atoms with Gasteiger partial charge in [0.15, 0.2) is 0 Å². The Bertz CT molecular complexity index is 909. The van der Waals surface area contributed by atoms with E-state index in [0.717, 1.165) is 36.0 Å². The zero-order chi connectivity index (χ0) is 21.7. The molecule has 2 saturated heterocycles. The van der Waals surface area contributed by atoms with Gasteiger partial charge in [-0.05, 0) is 49.4 Å². The summed E-state index contributed by atoms with van der Waals surface area (Å²) in [6.07, 6.45) is 6.33. The zero-order valence-electron chi connectivity index (χ0n) is 18.2. The fourth-order valence-electron chi connectivity index (χ4n) is 4.92. The lowest BCUT2D eigenvalue weighted by atomic mass is 9.71. The highest BCUT2D eigenvalue weighted by atomic mass is 16.5. The summed E-state index contributed by atoms with van der Waals surface area (Å²) in [5.74, 6) is -0.0272. The second kappa shape index (κ2) is 9.60. The molecule has 2 aliphatic heterocycles. The smallest absolute Gasteiger partial charge is 0.227 e. The van der Waals surface area contributed by atoms with Gasteiger partial charge in [-0.15, -0.1) is 0 Å². The second-order valence-electron chi connectivity index (χ2n) is 8.86. The summed E-state index contributed by atoms with van der Waals surface area (Å²) in [4.78, 5) is 32.2. The first kappa shape index (κ1) is 21.5. The molecule has 164 valence electrons. The zero-order valence-corrected chi connectivity index (χ0v) is 18.2. The van der Waals surface area contributed by atoms with Crippen LogP contribution in [0.3, 0.4) is 0 Å². The summed E-state index contributed by atoms with van der Waals surface area (Å²) in [6, 6.07) is 12.0. The molecule has 1 atom stereocenters.